The quantitative estimate of drug-likeness (QED) is 0.490. The summed E-state index contributed by atoms with van der Waals surface area (Å²) in [4.78, 5) is 29.9. The Morgan fingerprint density at radius 2 is 1.85 bits per heavy atom. The van der Waals surface area contributed by atoms with E-state index in [1.165, 1.54) is 25.3 Å². The van der Waals surface area contributed by atoms with E-state index in [2.05, 4.69) is 10.3 Å². The van der Waals surface area contributed by atoms with E-state index in [0.717, 1.165) is 22.4 Å². The Hall–Kier alpha value is -4.27. The van der Waals surface area contributed by atoms with Crippen LogP contribution in [0.5, 0.6) is 0 Å². The summed E-state index contributed by atoms with van der Waals surface area (Å²) in [7, 11) is 0. The van der Waals surface area contributed by atoms with Gasteiger partial charge in [0, 0.05) is 43.8 Å². The van der Waals surface area contributed by atoms with Gasteiger partial charge in [-0.2, -0.15) is 5.10 Å². The highest BCUT2D eigenvalue weighted by molar-refractivity contribution is 5.93. The van der Waals surface area contributed by atoms with Crippen LogP contribution >= 0.6 is 0 Å². The van der Waals surface area contributed by atoms with E-state index in [1.54, 1.807) is 36.2 Å². The summed E-state index contributed by atoms with van der Waals surface area (Å²) in [5, 5.41) is 7.57. The standard InChI is InChI=1S/C25H22FN5O3/c1-15(32)28-20-8-12-34-25(20)21-13-18(7-9-27-21)23-22-14-30(16(2)33)10-11-31(22)29-24(23)17-3-5-19(26)6-4-17/h3-9,12-13H,10-11,14H2,1-2H3,(H,28,32). The second-order valence-electron chi connectivity index (χ2n) is 8.12. The van der Waals surface area contributed by atoms with Crippen LogP contribution in [0, 0.1) is 5.82 Å². The normalized spacial score (nSPS) is 13.0. The summed E-state index contributed by atoms with van der Waals surface area (Å²) in [6.07, 6.45) is 3.15. The number of furan rings is 1. The Morgan fingerprint density at radius 1 is 1.06 bits per heavy atom. The van der Waals surface area contributed by atoms with Gasteiger partial charge in [0.05, 0.1) is 30.7 Å². The third kappa shape index (κ3) is 3.96. The molecule has 1 N–H and O–H groups in total. The van der Waals surface area contributed by atoms with Gasteiger partial charge in [-0.05, 0) is 42.0 Å². The van der Waals surface area contributed by atoms with Gasteiger partial charge >= 0.3 is 0 Å². The fraction of sp³-hybridized carbons (Fsp3) is 0.200. The molecule has 0 fully saturated rings. The molecule has 0 bridgehead atoms. The summed E-state index contributed by atoms with van der Waals surface area (Å²) in [5.41, 5.74) is 5.07. The number of nitrogens with zero attached hydrogens (tertiary/aromatic N) is 4. The number of halogens is 1. The zero-order valence-electron chi connectivity index (χ0n) is 18.7. The number of rotatable bonds is 4. The number of carbonyl (C=O) groups excluding carboxylic acids is 2. The number of amides is 2. The van der Waals surface area contributed by atoms with Crippen molar-refractivity contribution >= 4 is 17.5 Å². The third-order valence-electron chi connectivity index (χ3n) is 5.80. The molecule has 5 rings (SSSR count). The first-order valence-electron chi connectivity index (χ1n) is 10.8. The number of carbonyl (C=O) groups is 2. The van der Waals surface area contributed by atoms with Crippen LogP contribution in [0.1, 0.15) is 19.5 Å². The molecule has 1 aromatic carbocycles. The van der Waals surface area contributed by atoms with Crippen LogP contribution in [0.4, 0.5) is 10.1 Å². The summed E-state index contributed by atoms with van der Waals surface area (Å²) in [6, 6.07) is 11.6. The second-order valence-corrected chi connectivity index (χ2v) is 8.12. The minimum absolute atomic E-state index is 0.00677. The second kappa shape index (κ2) is 8.58. The Kier molecular flexibility index (Phi) is 5.45. The smallest absolute Gasteiger partial charge is 0.221 e. The van der Waals surface area contributed by atoms with Gasteiger partial charge in [0.1, 0.15) is 17.2 Å². The summed E-state index contributed by atoms with van der Waals surface area (Å²) < 4.78 is 21.1. The minimum Gasteiger partial charge on any atom is -0.460 e. The average Bonchev–Trinajstić information content (AvgIpc) is 3.43. The summed E-state index contributed by atoms with van der Waals surface area (Å²) >= 11 is 0. The van der Waals surface area contributed by atoms with Crippen LogP contribution in [0.2, 0.25) is 0 Å². The van der Waals surface area contributed by atoms with Crippen LogP contribution in [0.25, 0.3) is 33.8 Å². The highest BCUT2D eigenvalue weighted by atomic mass is 19.1. The SMILES string of the molecule is CC(=O)Nc1ccoc1-c1cc(-c2c(-c3ccc(F)cc3)nn3c2CN(C(C)=O)CC3)ccn1. The van der Waals surface area contributed by atoms with E-state index >= 15 is 0 Å². The maximum absolute atomic E-state index is 13.6. The number of nitrogens with one attached hydrogen (secondary N) is 1. The molecular formula is C25H22FN5O3. The zero-order chi connectivity index (χ0) is 23.8. The lowest BCUT2D eigenvalue weighted by Gasteiger charge is -2.27. The molecule has 0 unspecified atom stereocenters. The Labute approximate surface area is 195 Å². The number of hydrogen-bond acceptors (Lipinski definition) is 5. The molecule has 4 heterocycles. The van der Waals surface area contributed by atoms with Gasteiger partial charge in [0.25, 0.3) is 0 Å². The highest BCUT2D eigenvalue weighted by Gasteiger charge is 2.27. The van der Waals surface area contributed by atoms with Crippen LogP contribution < -0.4 is 5.32 Å². The molecule has 34 heavy (non-hydrogen) atoms. The van der Waals surface area contributed by atoms with Gasteiger partial charge in [-0.3, -0.25) is 19.3 Å². The summed E-state index contributed by atoms with van der Waals surface area (Å²) in [6.45, 7) is 4.52. The number of aromatic nitrogens is 3. The Morgan fingerprint density at radius 3 is 2.59 bits per heavy atom. The van der Waals surface area contributed by atoms with E-state index in [9.17, 15) is 14.0 Å². The molecule has 0 radical (unpaired) electrons. The first kappa shape index (κ1) is 21.6. The van der Waals surface area contributed by atoms with Crippen molar-refractivity contribution in [1.29, 1.82) is 0 Å². The maximum Gasteiger partial charge on any atom is 0.221 e. The summed E-state index contributed by atoms with van der Waals surface area (Å²) in [5.74, 6) is -0.113. The average molecular weight is 459 g/mol. The Bertz CT molecular complexity index is 1390. The zero-order valence-corrected chi connectivity index (χ0v) is 18.7. The highest BCUT2D eigenvalue weighted by Crippen LogP contribution is 2.38. The largest absolute Gasteiger partial charge is 0.460 e. The van der Waals surface area contributed by atoms with Gasteiger partial charge in [0.15, 0.2) is 5.76 Å². The maximum atomic E-state index is 13.6. The van der Waals surface area contributed by atoms with Crippen molar-refractivity contribution in [3.05, 3.63) is 66.4 Å². The molecule has 0 spiro atoms. The van der Waals surface area contributed by atoms with Gasteiger partial charge in [-0.1, -0.05) is 0 Å². The molecule has 3 aromatic heterocycles. The van der Waals surface area contributed by atoms with Crippen molar-refractivity contribution in [2.24, 2.45) is 0 Å². The minimum atomic E-state index is -0.327. The molecule has 4 aromatic rings. The van der Waals surface area contributed by atoms with E-state index in [0.29, 0.717) is 42.5 Å². The monoisotopic (exact) mass is 459 g/mol. The van der Waals surface area contributed by atoms with Gasteiger partial charge in [-0.25, -0.2) is 4.39 Å². The van der Waals surface area contributed by atoms with Crippen molar-refractivity contribution in [3.63, 3.8) is 0 Å². The lowest BCUT2D eigenvalue weighted by atomic mass is 9.98. The molecule has 0 saturated carbocycles. The first-order chi connectivity index (χ1) is 16.4. The number of fused-ring (bicyclic) bond motifs is 1. The topological polar surface area (TPSA) is 93.3 Å². The fourth-order valence-electron chi connectivity index (χ4n) is 4.21. The van der Waals surface area contributed by atoms with E-state index in [-0.39, 0.29) is 17.6 Å². The molecule has 172 valence electrons. The van der Waals surface area contributed by atoms with Gasteiger partial charge in [0.2, 0.25) is 11.8 Å². The number of hydrogen-bond donors (Lipinski definition) is 1. The van der Waals surface area contributed by atoms with Crippen molar-refractivity contribution in [1.82, 2.24) is 19.7 Å². The van der Waals surface area contributed by atoms with Crippen molar-refractivity contribution < 1.29 is 18.4 Å². The van der Waals surface area contributed by atoms with Crippen LogP contribution in [0.3, 0.4) is 0 Å². The molecule has 8 nitrogen and oxygen atoms in total. The molecular weight excluding hydrogens is 437 g/mol. The molecule has 0 saturated heterocycles. The van der Waals surface area contributed by atoms with Crippen LogP contribution in [0.15, 0.2) is 59.3 Å². The van der Waals surface area contributed by atoms with Gasteiger partial charge in [-0.15, -0.1) is 0 Å². The first-order valence-corrected chi connectivity index (χ1v) is 10.8. The third-order valence-corrected chi connectivity index (χ3v) is 5.80. The molecule has 0 aliphatic carbocycles. The molecule has 2 amide bonds. The van der Waals surface area contributed by atoms with Crippen molar-refractivity contribution in [2.45, 2.75) is 26.9 Å². The van der Waals surface area contributed by atoms with E-state index < -0.39 is 0 Å². The number of anilines is 1. The number of pyridine rings is 1. The van der Waals surface area contributed by atoms with Crippen LogP contribution in [-0.2, 0) is 22.7 Å². The Balaban J connectivity index is 1.66. The van der Waals surface area contributed by atoms with Crippen LogP contribution in [-0.4, -0.2) is 38.0 Å². The van der Waals surface area contributed by atoms with Crippen molar-refractivity contribution in [2.75, 3.05) is 11.9 Å². The lowest BCUT2D eigenvalue weighted by molar-refractivity contribution is -0.130. The van der Waals surface area contributed by atoms with E-state index in [4.69, 9.17) is 9.52 Å². The van der Waals surface area contributed by atoms with E-state index in [1.807, 2.05) is 16.8 Å². The molecule has 9 heteroatoms. The van der Waals surface area contributed by atoms with Crippen molar-refractivity contribution in [3.8, 4) is 33.8 Å². The molecule has 1 aliphatic heterocycles. The molecule has 1 aliphatic rings. The lowest BCUT2D eigenvalue weighted by Crippen LogP contribution is -2.37. The predicted octanol–water partition coefficient (Wildman–Crippen LogP) is 4.33. The number of benzene rings is 1. The molecule has 0 atom stereocenters. The predicted molar refractivity (Wildman–Crippen MR) is 124 cm³/mol. The van der Waals surface area contributed by atoms with Gasteiger partial charge < -0.3 is 14.6 Å². The fourth-order valence-corrected chi connectivity index (χ4v) is 4.21.